The second-order valence-corrected chi connectivity index (χ2v) is 13.7. The van der Waals surface area contributed by atoms with Crippen LogP contribution in [0.15, 0.2) is 34.8 Å². The zero-order valence-corrected chi connectivity index (χ0v) is 23.9. The number of halogens is 1. The van der Waals surface area contributed by atoms with Gasteiger partial charge in [-0.05, 0) is 63.8 Å². The first-order valence-electron chi connectivity index (χ1n) is 14.2. The van der Waals surface area contributed by atoms with E-state index in [1.165, 1.54) is 22.9 Å². The summed E-state index contributed by atoms with van der Waals surface area (Å²) in [6, 6.07) is 4.83. The third kappa shape index (κ3) is 5.24. The summed E-state index contributed by atoms with van der Waals surface area (Å²) < 4.78 is 56.3. The lowest BCUT2D eigenvalue weighted by molar-refractivity contribution is -0.139. The second kappa shape index (κ2) is 10.3. The first-order chi connectivity index (χ1) is 19.1. The van der Waals surface area contributed by atoms with E-state index in [2.05, 4.69) is 5.32 Å². The highest BCUT2D eigenvalue weighted by atomic mass is 32.2. The zero-order valence-electron chi connectivity index (χ0n) is 23.1. The van der Waals surface area contributed by atoms with Crippen molar-refractivity contribution in [3.63, 3.8) is 0 Å². The smallest absolute Gasteiger partial charge is 0.253 e. The van der Waals surface area contributed by atoms with Crippen molar-refractivity contribution < 1.29 is 27.1 Å². The first-order valence-corrected chi connectivity index (χ1v) is 15.7. The van der Waals surface area contributed by atoms with E-state index in [1.54, 1.807) is 12.1 Å². The van der Waals surface area contributed by atoms with Gasteiger partial charge in [-0.25, -0.2) is 12.8 Å². The average molecular weight is 573 g/mol. The number of nitrogens with one attached hydrogen (secondary N) is 1. The van der Waals surface area contributed by atoms with Crippen molar-refractivity contribution in [1.29, 1.82) is 0 Å². The minimum atomic E-state index is -3.83. The summed E-state index contributed by atoms with van der Waals surface area (Å²) >= 11 is 0. The Hall–Kier alpha value is -2.60. The molecule has 0 radical (unpaired) electrons. The van der Waals surface area contributed by atoms with E-state index < -0.39 is 27.2 Å². The lowest BCUT2D eigenvalue weighted by Gasteiger charge is -2.34. The molecule has 0 bridgehead atoms. The van der Waals surface area contributed by atoms with Gasteiger partial charge in [-0.15, -0.1) is 0 Å². The van der Waals surface area contributed by atoms with Gasteiger partial charge in [0.15, 0.2) is 5.79 Å². The van der Waals surface area contributed by atoms with E-state index in [4.69, 9.17) is 14.5 Å². The number of nitrogens with zero attached hydrogens (tertiary/aromatic N) is 3. The number of sulfonamides is 1. The molecule has 1 saturated carbocycles. The largest absolute Gasteiger partial charge is 0.348 e. The molecule has 0 unspecified atom stereocenters. The van der Waals surface area contributed by atoms with Crippen LogP contribution in [0.3, 0.4) is 0 Å². The minimum absolute atomic E-state index is 0.114. The molecule has 2 saturated heterocycles. The Morgan fingerprint density at radius 3 is 2.60 bits per heavy atom. The number of ether oxygens (including phenoxy) is 2. The molecule has 9 nitrogen and oxygen atoms in total. The summed E-state index contributed by atoms with van der Waals surface area (Å²) in [6.07, 6.45) is 9.29. The molecule has 4 aliphatic rings. The number of amides is 1. The molecule has 1 aliphatic carbocycles. The van der Waals surface area contributed by atoms with Gasteiger partial charge in [0.1, 0.15) is 23.3 Å². The number of benzene rings is 1. The third-order valence-electron chi connectivity index (χ3n) is 8.72. The monoisotopic (exact) mass is 572 g/mol. The van der Waals surface area contributed by atoms with E-state index in [0.29, 0.717) is 37.3 Å². The number of aromatic nitrogens is 1. The van der Waals surface area contributed by atoms with Crippen molar-refractivity contribution in [1.82, 2.24) is 14.2 Å². The molecule has 4 heterocycles. The fourth-order valence-corrected chi connectivity index (χ4v) is 7.64. The highest BCUT2D eigenvalue weighted by molar-refractivity contribution is 7.92. The number of carbonyl (C=O) groups is 1. The Bertz CT molecular complexity index is 1470. The summed E-state index contributed by atoms with van der Waals surface area (Å²) in [5, 5.41) is 4.70. The Morgan fingerprint density at radius 1 is 1.15 bits per heavy atom. The Kier molecular flexibility index (Phi) is 7.13. The van der Waals surface area contributed by atoms with Crippen molar-refractivity contribution in [3.8, 4) is 0 Å². The molecule has 3 aliphatic heterocycles. The number of fused-ring (bicyclic) bond motifs is 1. The first kappa shape index (κ1) is 27.6. The highest BCUT2D eigenvalue weighted by Gasteiger charge is 2.48. The minimum Gasteiger partial charge on any atom is -0.348 e. The fraction of sp³-hybridized carbons (Fsp3) is 0.586. The molecule has 216 valence electrons. The van der Waals surface area contributed by atoms with E-state index in [-0.39, 0.29) is 30.7 Å². The van der Waals surface area contributed by atoms with E-state index >= 15 is 0 Å². The van der Waals surface area contributed by atoms with Crippen molar-refractivity contribution >= 4 is 38.7 Å². The van der Waals surface area contributed by atoms with Crippen molar-refractivity contribution in [2.45, 2.75) is 82.8 Å². The number of carbonyl (C=O) groups excluding carboxylic acids is 1. The van der Waals surface area contributed by atoms with E-state index in [1.807, 2.05) is 24.6 Å². The molecule has 1 atom stereocenters. The topological polar surface area (TPSA) is 102 Å². The number of amidine groups is 1. The molecule has 1 amide bonds. The fourth-order valence-electron chi connectivity index (χ4n) is 6.47. The van der Waals surface area contributed by atoms with Crippen LogP contribution >= 0.6 is 0 Å². The van der Waals surface area contributed by atoms with Gasteiger partial charge in [0.25, 0.3) is 5.91 Å². The molecular weight excluding hydrogens is 535 g/mol. The quantitative estimate of drug-likeness (QED) is 0.560. The predicted octanol–water partition coefficient (Wildman–Crippen LogP) is 4.18. The van der Waals surface area contributed by atoms with Crippen LogP contribution in [0.2, 0.25) is 0 Å². The van der Waals surface area contributed by atoms with Crippen LogP contribution in [0.1, 0.15) is 64.4 Å². The van der Waals surface area contributed by atoms with Gasteiger partial charge < -0.3 is 19.4 Å². The lowest BCUT2D eigenvalue weighted by atomic mass is 9.88. The molecule has 6 rings (SSSR count). The van der Waals surface area contributed by atoms with E-state index in [0.717, 1.165) is 42.4 Å². The van der Waals surface area contributed by atoms with Gasteiger partial charge in [-0.2, -0.15) is 4.31 Å². The number of rotatable bonds is 6. The summed E-state index contributed by atoms with van der Waals surface area (Å²) in [7, 11) is -3.83. The molecular formula is C29H37FN4O5S. The maximum Gasteiger partial charge on any atom is 0.253 e. The summed E-state index contributed by atoms with van der Waals surface area (Å²) in [5.41, 5.74) is 0.117. The Morgan fingerprint density at radius 2 is 1.90 bits per heavy atom. The molecule has 40 heavy (non-hydrogen) atoms. The Labute approximate surface area is 234 Å². The zero-order chi connectivity index (χ0) is 28.1. The van der Waals surface area contributed by atoms with Crippen molar-refractivity contribution in [3.05, 3.63) is 41.2 Å². The van der Waals surface area contributed by atoms with Crippen molar-refractivity contribution in [2.75, 3.05) is 19.7 Å². The number of aliphatic imine (C=N–C) groups is 1. The normalized spacial score (nSPS) is 25.7. The number of hydrogen-bond acceptors (Lipinski definition) is 6. The van der Waals surface area contributed by atoms with Crippen LogP contribution < -0.4 is 5.32 Å². The lowest BCUT2D eigenvalue weighted by Crippen LogP contribution is -2.50. The van der Waals surface area contributed by atoms with Gasteiger partial charge in [0.05, 0.1) is 13.2 Å². The number of piperidine rings is 1. The maximum atomic E-state index is 14.9. The van der Waals surface area contributed by atoms with Gasteiger partial charge in [0, 0.05) is 47.1 Å². The predicted molar refractivity (Wildman–Crippen MR) is 150 cm³/mol. The van der Waals surface area contributed by atoms with Crippen LogP contribution in [-0.2, 0) is 30.8 Å². The SMILES string of the molecule is CC1(C)OC[C@H](Cn2ccc3c(C=CS(=O)(=O)N4CCC5(CC4)N=C(C4CCCCC4)NC5=O)c(F)ccc32)O1. The third-order valence-corrected chi connectivity index (χ3v) is 10.3. The number of hydrogen-bond donors (Lipinski definition) is 1. The maximum absolute atomic E-state index is 14.9. The second-order valence-electron chi connectivity index (χ2n) is 11.9. The van der Waals surface area contributed by atoms with Gasteiger partial charge in [-0.1, -0.05) is 19.3 Å². The molecule has 2 aromatic rings. The van der Waals surface area contributed by atoms with Crippen LogP contribution in [0.25, 0.3) is 17.0 Å². The van der Waals surface area contributed by atoms with Gasteiger partial charge in [-0.3, -0.25) is 9.79 Å². The van der Waals surface area contributed by atoms with Crippen LogP contribution in [0, 0.1) is 11.7 Å². The van der Waals surface area contributed by atoms with Gasteiger partial charge in [0.2, 0.25) is 10.0 Å². The summed E-state index contributed by atoms with van der Waals surface area (Å²) in [5.74, 6) is -0.172. The standard InChI is InChI=1S/C29H37FN4O5S/c1-28(2)38-19-21(39-28)18-33-14-10-23-22(24(30)8-9-25(23)33)11-17-40(36,37)34-15-12-29(13-16-34)27(35)31-26(32-29)20-6-4-3-5-7-20/h8-11,14,17,20-21H,3-7,12-13,15-16,18-19H2,1-2H3,(H,31,32,35)/t21-/m0/s1. The molecule has 1 N–H and O–H groups in total. The molecule has 1 spiro atoms. The van der Waals surface area contributed by atoms with Gasteiger partial charge >= 0.3 is 0 Å². The van der Waals surface area contributed by atoms with E-state index in [9.17, 15) is 17.6 Å². The van der Waals surface area contributed by atoms with Crippen LogP contribution in [-0.4, -0.2) is 66.2 Å². The van der Waals surface area contributed by atoms with Crippen LogP contribution in [0.5, 0.6) is 0 Å². The molecule has 3 fully saturated rings. The molecule has 11 heteroatoms. The summed E-state index contributed by atoms with van der Waals surface area (Å²) in [6.45, 7) is 5.10. The Balaban J connectivity index is 1.16. The molecule has 1 aromatic heterocycles. The average Bonchev–Trinajstić information content (AvgIpc) is 3.59. The molecule has 1 aromatic carbocycles. The van der Waals surface area contributed by atoms with Crippen molar-refractivity contribution in [2.24, 2.45) is 10.9 Å². The van der Waals surface area contributed by atoms with Crippen LogP contribution in [0.4, 0.5) is 4.39 Å². The highest BCUT2D eigenvalue weighted by Crippen LogP contribution is 2.35. The summed E-state index contributed by atoms with van der Waals surface area (Å²) in [4.78, 5) is 17.7.